The molecule has 1 atom stereocenters. The van der Waals surface area contributed by atoms with Crippen molar-refractivity contribution in [3.05, 3.63) is 29.3 Å². The van der Waals surface area contributed by atoms with Crippen LogP contribution in [0.2, 0.25) is 0 Å². The lowest BCUT2D eigenvalue weighted by molar-refractivity contribution is 0.373. The summed E-state index contributed by atoms with van der Waals surface area (Å²) in [6.07, 6.45) is 7.18. The maximum atomic E-state index is 5.73. The number of pyridine rings is 1. The molecule has 1 saturated carbocycles. The third-order valence-electron chi connectivity index (χ3n) is 3.73. The van der Waals surface area contributed by atoms with Crippen molar-refractivity contribution in [1.29, 1.82) is 0 Å². The van der Waals surface area contributed by atoms with Gasteiger partial charge in [-0.2, -0.15) is 0 Å². The number of nitrogens with zero attached hydrogens (tertiary/aromatic N) is 1. The van der Waals surface area contributed by atoms with Crippen molar-refractivity contribution in [1.82, 2.24) is 10.4 Å². The highest BCUT2D eigenvalue weighted by Crippen LogP contribution is 2.36. The van der Waals surface area contributed by atoms with Crippen LogP contribution < -0.4 is 11.3 Å². The van der Waals surface area contributed by atoms with Crippen molar-refractivity contribution in [2.45, 2.75) is 31.7 Å². The highest BCUT2D eigenvalue weighted by atomic mass is 32.1. The predicted molar refractivity (Wildman–Crippen MR) is 71.6 cm³/mol. The van der Waals surface area contributed by atoms with Crippen molar-refractivity contribution in [3.63, 3.8) is 0 Å². The van der Waals surface area contributed by atoms with E-state index in [0.29, 0.717) is 5.92 Å². The van der Waals surface area contributed by atoms with E-state index in [0.717, 1.165) is 5.52 Å². The van der Waals surface area contributed by atoms with Crippen molar-refractivity contribution < 1.29 is 0 Å². The largest absolute Gasteiger partial charge is 0.271 e. The minimum absolute atomic E-state index is 0.261. The monoisotopic (exact) mass is 247 g/mol. The van der Waals surface area contributed by atoms with Gasteiger partial charge >= 0.3 is 0 Å². The number of fused-ring (bicyclic) bond motifs is 1. The fourth-order valence-corrected chi connectivity index (χ4v) is 3.62. The quantitative estimate of drug-likeness (QED) is 0.647. The molecule has 0 aromatic carbocycles. The second-order valence-electron chi connectivity index (χ2n) is 4.76. The van der Waals surface area contributed by atoms with Crippen molar-refractivity contribution in [2.75, 3.05) is 0 Å². The molecule has 3 N–H and O–H groups in total. The number of aromatic nitrogens is 1. The van der Waals surface area contributed by atoms with Gasteiger partial charge in [-0.3, -0.25) is 16.3 Å². The molecule has 1 unspecified atom stereocenters. The van der Waals surface area contributed by atoms with Gasteiger partial charge in [0, 0.05) is 6.20 Å². The summed E-state index contributed by atoms with van der Waals surface area (Å²) in [5.74, 6) is 6.40. The number of rotatable bonds is 3. The Morgan fingerprint density at radius 1 is 1.41 bits per heavy atom. The second kappa shape index (κ2) is 4.72. The highest BCUT2D eigenvalue weighted by molar-refractivity contribution is 7.17. The maximum Gasteiger partial charge on any atom is 0.0809 e. The Labute approximate surface area is 105 Å². The molecule has 1 aliphatic rings. The Hall–Kier alpha value is -0.970. The lowest BCUT2D eigenvalue weighted by atomic mass is 9.93. The summed E-state index contributed by atoms with van der Waals surface area (Å²) in [4.78, 5) is 4.50. The first-order chi connectivity index (χ1) is 8.38. The Morgan fingerprint density at radius 2 is 2.24 bits per heavy atom. The van der Waals surface area contributed by atoms with Crippen LogP contribution in [0.1, 0.15) is 37.3 Å². The zero-order chi connectivity index (χ0) is 11.7. The lowest BCUT2D eigenvalue weighted by Crippen LogP contribution is -2.32. The smallest absolute Gasteiger partial charge is 0.0809 e. The number of nitrogens with two attached hydrogens (primary N) is 1. The molecular formula is C13H17N3S. The Bertz CT molecular complexity index is 502. The summed E-state index contributed by atoms with van der Waals surface area (Å²) in [5, 5.41) is 2.09. The summed E-state index contributed by atoms with van der Waals surface area (Å²) in [7, 11) is 0. The molecule has 3 nitrogen and oxygen atoms in total. The number of hydrogen-bond acceptors (Lipinski definition) is 4. The van der Waals surface area contributed by atoms with Crippen LogP contribution in [0.5, 0.6) is 0 Å². The van der Waals surface area contributed by atoms with Gasteiger partial charge in [0.25, 0.3) is 0 Å². The molecule has 0 spiro atoms. The van der Waals surface area contributed by atoms with Gasteiger partial charge in [0.1, 0.15) is 0 Å². The second-order valence-corrected chi connectivity index (χ2v) is 5.71. The highest BCUT2D eigenvalue weighted by Gasteiger charge is 2.25. The Balaban J connectivity index is 1.93. The average Bonchev–Trinajstić information content (AvgIpc) is 2.99. The van der Waals surface area contributed by atoms with Crippen LogP contribution in [0, 0.1) is 5.92 Å². The van der Waals surface area contributed by atoms with Gasteiger partial charge in [-0.25, -0.2) is 0 Å². The molecular weight excluding hydrogens is 230 g/mol. The summed E-state index contributed by atoms with van der Waals surface area (Å²) in [6, 6.07) is 4.55. The lowest BCUT2D eigenvalue weighted by Gasteiger charge is -2.22. The Morgan fingerprint density at radius 3 is 3.00 bits per heavy atom. The zero-order valence-electron chi connectivity index (χ0n) is 9.73. The predicted octanol–water partition coefficient (Wildman–Crippen LogP) is 2.99. The maximum absolute atomic E-state index is 5.73. The molecule has 0 saturated heterocycles. The number of hydrazine groups is 1. The molecule has 0 bridgehead atoms. The molecule has 0 amide bonds. The van der Waals surface area contributed by atoms with E-state index in [1.165, 1.54) is 35.9 Å². The summed E-state index contributed by atoms with van der Waals surface area (Å²) >= 11 is 1.74. The van der Waals surface area contributed by atoms with E-state index in [-0.39, 0.29) is 6.04 Å². The summed E-state index contributed by atoms with van der Waals surface area (Å²) in [5.41, 5.74) is 5.30. The van der Waals surface area contributed by atoms with Crippen LogP contribution in [-0.4, -0.2) is 4.98 Å². The fraction of sp³-hybridized carbons (Fsp3) is 0.462. The first kappa shape index (κ1) is 11.1. The van der Waals surface area contributed by atoms with E-state index in [1.54, 1.807) is 11.3 Å². The topological polar surface area (TPSA) is 50.9 Å². The molecule has 2 heterocycles. The third-order valence-corrected chi connectivity index (χ3v) is 4.59. The molecule has 0 radical (unpaired) electrons. The van der Waals surface area contributed by atoms with Gasteiger partial charge in [0.05, 0.1) is 16.3 Å². The van der Waals surface area contributed by atoms with Gasteiger partial charge in [-0.1, -0.05) is 12.8 Å². The number of hydrogen-bond donors (Lipinski definition) is 2. The van der Waals surface area contributed by atoms with E-state index in [2.05, 4.69) is 27.9 Å². The molecule has 3 rings (SSSR count). The van der Waals surface area contributed by atoms with Crippen molar-refractivity contribution in [3.8, 4) is 0 Å². The van der Waals surface area contributed by atoms with Gasteiger partial charge in [0.15, 0.2) is 0 Å². The van der Waals surface area contributed by atoms with E-state index >= 15 is 0 Å². The van der Waals surface area contributed by atoms with Crippen molar-refractivity contribution >= 4 is 21.6 Å². The van der Waals surface area contributed by atoms with E-state index in [4.69, 9.17) is 5.84 Å². The summed E-state index contributed by atoms with van der Waals surface area (Å²) in [6.45, 7) is 0. The van der Waals surface area contributed by atoms with Crippen LogP contribution in [0.4, 0.5) is 0 Å². The van der Waals surface area contributed by atoms with Crippen LogP contribution in [0.25, 0.3) is 10.2 Å². The molecule has 4 heteroatoms. The molecule has 17 heavy (non-hydrogen) atoms. The molecule has 0 aliphatic heterocycles. The first-order valence-electron chi connectivity index (χ1n) is 6.18. The average molecular weight is 247 g/mol. The molecule has 2 aromatic heterocycles. The van der Waals surface area contributed by atoms with Crippen LogP contribution in [-0.2, 0) is 0 Å². The van der Waals surface area contributed by atoms with E-state index in [9.17, 15) is 0 Å². The van der Waals surface area contributed by atoms with E-state index in [1.807, 2.05) is 6.20 Å². The van der Waals surface area contributed by atoms with Gasteiger partial charge in [0.2, 0.25) is 0 Å². The molecule has 1 aliphatic carbocycles. The number of thiophene rings is 1. The Kier molecular flexibility index (Phi) is 3.09. The van der Waals surface area contributed by atoms with E-state index < -0.39 is 0 Å². The minimum atomic E-state index is 0.261. The molecule has 90 valence electrons. The van der Waals surface area contributed by atoms with Gasteiger partial charge in [-0.05, 0) is 41.8 Å². The van der Waals surface area contributed by atoms with Crippen molar-refractivity contribution in [2.24, 2.45) is 11.8 Å². The van der Waals surface area contributed by atoms with Crippen LogP contribution in [0.3, 0.4) is 0 Å². The normalized spacial score (nSPS) is 18.9. The number of nitrogens with one attached hydrogen (secondary N) is 1. The minimum Gasteiger partial charge on any atom is -0.271 e. The third kappa shape index (κ3) is 2.08. The van der Waals surface area contributed by atoms with Crippen LogP contribution in [0.15, 0.2) is 23.7 Å². The van der Waals surface area contributed by atoms with Crippen LogP contribution >= 0.6 is 11.3 Å². The SMILES string of the molecule is NNC(c1cnc2ccsc2c1)C1CCCC1. The first-order valence-corrected chi connectivity index (χ1v) is 7.06. The van der Waals surface area contributed by atoms with Gasteiger partial charge in [-0.15, -0.1) is 11.3 Å². The molecule has 1 fully saturated rings. The molecule has 2 aromatic rings. The summed E-state index contributed by atoms with van der Waals surface area (Å²) < 4.78 is 1.25. The standard InChI is InChI=1S/C13H17N3S/c14-16-13(9-3-1-2-4-9)10-7-12-11(15-8-10)5-6-17-12/h5-9,13,16H,1-4,14H2. The zero-order valence-corrected chi connectivity index (χ0v) is 10.5. The fourth-order valence-electron chi connectivity index (χ4n) is 2.83. The van der Waals surface area contributed by atoms with Gasteiger partial charge < -0.3 is 0 Å².